The lowest BCUT2D eigenvalue weighted by molar-refractivity contribution is -0.120. The molecular weight excluding hydrogens is 390 g/mol. The SMILES string of the molecule is O=C1N(Cc2ccc(Cl)cc2)c2ccccc2C1(c1ccccc1)c1ccccc1. The fourth-order valence-electron chi connectivity index (χ4n) is 4.48. The molecule has 0 N–H and O–H groups in total. The van der Waals surface area contributed by atoms with Gasteiger partial charge in [-0.2, -0.15) is 0 Å². The third-order valence-electron chi connectivity index (χ3n) is 5.83. The molecule has 0 fully saturated rings. The summed E-state index contributed by atoms with van der Waals surface area (Å²) in [6.07, 6.45) is 0. The maximum absolute atomic E-state index is 14.3. The molecule has 5 rings (SSSR count). The van der Waals surface area contributed by atoms with Crippen molar-refractivity contribution >= 4 is 23.2 Å². The highest BCUT2D eigenvalue weighted by Gasteiger charge is 2.53. The molecule has 2 nitrogen and oxygen atoms in total. The first-order valence-electron chi connectivity index (χ1n) is 9.98. The van der Waals surface area contributed by atoms with Crippen LogP contribution in [0.1, 0.15) is 22.3 Å². The third kappa shape index (κ3) is 2.84. The topological polar surface area (TPSA) is 20.3 Å². The molecule has 0 atom stereocenters. The van der Waals surface area contributed by atoms with Crippen molar-refractivity contribution < 1.29 is 4.79 Å². The van der Waals surface area contributed by atoms with Crippen LogP contribution in [0.15, 0.2) is 109 Å². The van der Waals surface area contributed by atoms with Gasteiger partial charge in [0.05, 0.1) is 6.54 Å². The van der Waals surface area contributed by atoms with Crippen molar-refractivity contribution in [2.75, 3.05) is 4.90 Å². The van der Waals surface area contributed by atoms with Crippen LogP contribution in [-0.4, -0.2) is 5.91 Å². The van der Waals surface area contributed by atoms with E-state index in [0.717, 1.165) is 27.9 Å². The van der Waals surface area contributed by atoms with Gasteiger partial charge in [-0.1, -0.05) is 103 Å². The van der Waals surface area contributed by atoms with Gasteiger partial charge in [0.2, 0.25) is 5.91 Å². The van der Waals surface area contributed by atoms with Crippen molar-refractivity contribution in [3.63, 3.8) is 0 Å². The smallest absolute Gasteiger partial charge is 0.247 e. The van der Waals surface area contributed by atoms with E-state index in [0.29, 0.717) is 11.6 Å². The zero-order chi connectivity index (χ0) is 20.6. The maximum atomic E-state index is 14.3. The summed E-state index contributed by atoms with van der Waals surface area (Å²) >= 11 is 6.06. The number of anilines is 1. The van der Waals surface area contributed by atoms with Crippen molar-refractivity contribution in [1.29, 1.82) is 0 Å². The largest absolute Gasteiger partial charge is 0.306 e. The van der Waals surface area contributed by atoms with Crippen LogP contribution in [0.4, 0.5) is 5.69 Å². The maximum Gasteiger partial charge on any atom is 0.247 e. The van der Waals surface area contributed by atoms with Gasteiger partial charge in [-0.3, -0.25) is 4.79 Å². The number of hydrogen-bond donors (Lipinski definition) is 0. The molecule has 1 aliphatic heterocycles. The van der Waals surface area contributed by atoms with Crippen LogP contribution in [0.2, 0.25) is 5.02 Å². The van der Waals surface area contributed by atoms with E-state index in [9.17, 15) is 4.79 Å². The van der Waals surface area contributed by atoms with Crippen LogP contribution in [0, 0.1) is 0 Å². The summed E-state index contributed by atoms with van der Waals surface area (Å²) in [5.74, 6) is 0.0658. The van der Waals surface area contributed by atoms with Gasteiger partial charge in [0.1, 0.15) is 5.41 Å². The molecule has 1 heterocycles. The Bertz CT molecular complexity index is 1150. The van der Waals surface area contributed by atoms with E-state index in [-0.39, 0.29) is 5.91 Å². The lowest BCUT2D eigenvalue weighted by Gasteiger charge is -2.30. The van der Waals surface area contributed by atoms with E-state index in [2.05, 4.69) is 6.07 Å². The zero-order valence-electron chi connectivity index (χ0n) is 16.3. The van der Waals surface area contributed by atoms with Crippen LogP contribution in [0.5, 0.6) is 0 Å². The Morgan fingerprint density at radius 1 is 0.667 bits per heavy atom. The van der Waals surface area contributed by atoms with Crippen LogP contribution in [0.25, 0.3) is 0 Å². The van der Waals surface area contributed by atoms with Gasteiger partial charge in [-0.25, -0.2) is 0 Å². The van der Waals surface area contributed by atoms with E-state index >= 15 is 0 Å². The molecule has 30 heavy (non-hydrogen) atoms. The van der Waals surface area contributed by atoms with Gasteiger partial charge < -0.3 is 4.90 Å². The number of fused-ring (bicyclic) bond motifs is 1. The van der Waals surface area contributed by atoms with Crippen LogP contribution >= 0.6 is 11.6 Å². The Balaban J connectivity index is 1.73. The minimum Gasteiger partial charge on any atom is -0.306 e. The summed E-state index contributed by atoms with van der Waals surface area (Å²) in [7, 11) is 0. The molecule has 0 radical (unpaired) electrons. The number of rotatable bonds is 4. The first-order chi connectivity index (χ1) is 14.7. The summed E-state index contributed by atoms with van der Waals surface area (Å²) in [6.45, 7) is 0.494. The second-order valence-corrected chi connectivity index (χ2v) is 7.95. The summed E-state index contributed by atoms with van der Waals surface area (Å²) in [4.78, 5) is 16.2. The van der Waals surface area contributed by atoms with Crippen molar-refractivity contribution in [2.45, 2.75) is 12.0 Å². The predicted octanol–water partition coefficient (Wildman–Crippen LogP) is 6.22. The number of halogens is 1. The lowest BCUT2D eigenvalue weighted by atomic mass is 9.70. The number of hydrogen-bond acceptors (Lipinski definition) is 1. The van der Waals surface area contributed by atoms with Crippen molar-refractivity contribution in [1.82, 2.24) is 0 Å². The van der Waals surface area contributed by atoms with E-state index in [1.165, 1.54) is 0 Å². The second kappa shape index (κ2) is 7.47. The lowest BCUT2D eigenvalue weighted by Crippen LogP contribution is -2.42. The Morgan fingerprint density at radius 2 is 1.20 bits per heavy atom. The predicted molar refractivity (Wildman–Crippen MR) is 122 cm³/mol. The van der Waals surface area contributed by atoms with Crippen molar-refractivity contribution in [2.24, 2.45) is 0 Å². The molecule has 0 aromatic heterocycles. The molecule has 4 aromatic carbocycles. The number of para-hydroxylation sites is 1. The molecule has 3 heteroatoms. The molecular formula is C27H20ClNO. The third-order valence-corrected chi connectivity index (χ3v) is 6.08. The standard InChI is InChI=1S/C27H20ClNO/c28-23-17-15-20(16-18-23)19-29-25-14-8-7-13-24(25)27(26(29)30,21-9-3-1-4-10-21)22-11-5-2-6-12-22/h1-18H,19H2. The first-order valence-corrected chi connectivity index (χ1v) is 10.4. The van der Waals surface area contributed by atoms with Crippen LogP contribution < -0.4 is 4.90 Å². The Kier molecular flexibility index (Phi) is 4.65. The van der Waals surface area contributed by atoms with E-state index in [1.54, 1.807) is 0 Å². The Labute approximate surface area is 181 Å². The van der Waals surface area contributed by atoms with Crippen LogP contribution in [0.3, 0.4) is 0 Å². The Hall–Kier alpha value is -3.36. The summed E-state index contributed by atoms with van der Waals surface area (Å²) in [5, 5.41) is 0.690. The quantitative estimate of drug-likeness (QED) is 0.391. The van der Waals surface area contributed by atoms with Gasteiger partial charge in [-0.15, -0.1) is 0 Å². The molecule has 0 bridgehead atoms. The number of amides is 1. The number of benzene rings is 4. The number of nitrogens with zero attached hydrogens (tertiary/aromatic N) is 1. The second-order valence-electron chi connectivity index (χ2n) is 7.52. The molecule has 1 aliphatic rings. The molecule has 0 saturated heterocycles. The van der Waals surface area contributed by atoms with Gasteiger partial charge >= 0.3 is 0 Å². The zero-order valence-corrected chi connectivity index (χ0v) is 17.1. The van der Waals surface area contributed by atoms with E-state index < -0.39 is 5.41 Å². The Morgan fingerprint density at radius 3 is 1.80 bits per heavy atom. The highest BCUT2D eigenvalue weighted by atomic mass is 35.5. The first kappa shape index (κ1) is 18.7. The molecule has 0 saturated carbocycles. The molecule has 4 aromatic rings. The average molecular weight is 410 g/mol. The van der Waals surface area contributed by atoms with E-state index in [4.69, 9.17) is 11.6 Å². The number of carbonyl (C=O) groups is 1. The summed E-state index contributed by atoms with van der Waals surface area (Å²) in [5.41, 5.74) is 4.09. The fourth-order valence-corrected chi connectivity index (χ4v) is 4.61. The number of carbonyl (C=O) groups excluding carboxylic acids is 1. The average Bonchev–Trinajstić information content (AvgIpc) is 3.05. The fraction of sp³-hybridized carbons (Fsp3) is 0.0741. The van der Waals surface area contributed by atoms with Crippen molar-refractivity contribution in [3.05, 3.63) is 136 Å². The summed E-state index contributed by atoms with van der Waals surface area (Å²) in [6, 6.07) is 36.0. The highest BCUT2D eigenvalue weighted by molar-refractivity contribution is 6.30. The summed E-state index contributed by atoms with van der Waals surface area (Å²) < 4.78 is 0. The monoisotopic (exact) mass is 409 g/mol. The molecule has 0 spiro atoms. The molecule has 146 valence electrons. The van der Waals surface area contributed by atoms with Crippen LogP contribution in [-0.2, 0) is 16.8 Å². The minimum absolute atomic E-state index is 0.0658. The normalized spacial score (nSPS) is 14.6. The van der Waals surface area contributed by atoms with Gasteiger partial charge in [0.25, 0.3) is 0 Å². The minimum atomic E-state index is -0.870. The van der Waals surface area contributed by atoms with Crippen molar-refractivity contribution in [3.8, 4) is 0 Å². The highest BCUT2D eigenvalue weighted by Crippen LogP contribution is 2.50. The molecule has 0 aliphatic carbocycles. The van der Waals surface area contributed by atoms with Gasteiger partial charge in [0, 0.05) is 16.3 Å². The van der Waals surface area contributed by atoms with Gasteiger partial charge in [-0.05, 0) is 34.9 Å². The molecule has 0 unspecified atom stereocenters. The van der Waals surface area contributed by atoms with E-state index in [1.807, 2.05) is 108 Å². The van der Waals surface area contributed by atoms with Gasteiger partial charge in [0.15, 0.2) is 0 Å². The molecule has 1 amide bonds.